The summed E-state index contributed by atoms with van der Waals surface area (Å²) >= 11 is 7.81. The first-order valence-electron chi connectivity index (χ1n) is 6.06. The topological polar surface area (TPSA) is 56.0 Å². The Bertz CT molecular complexity index is 750. The van der Waals surface area contributed by atoms with Gasteiger partial charge < -0.3 is 0 Å². The molecule has 3 heterocycles. The summed E-state index contributed by atoms with van der Waals surface area (Å²) in [6.07, 6.45) is 3.54. The van der Waals surface area contributed by atoms with Gasteiger partial charge >= 0.3 is 0 Å². The molecule has 0 saturated heterocycles. The van der Waals surface area contributed by atoms with Crippen LogP contribution in [0.5, 0.6) is 0 Å². The van der Waals surface area contributed by atoms with E-state index >= 15 is 0 Å². The fraction of sp³-hybridized carbons (Fsp3) is 0.231. The summed E-state index contributed by atoms with van der Waals surface area (Å²) in [6, 6.07) is 3.77. The van der Waals surface area contributed by atoms with Gasteiger partial charge in [0, 0.05) is 29.5 Å². The second-order valence-corrected chi connectivity index (χ2v) is 5.66. The molecule has 0 amide bonds. The lowest BCUT2D eigenvalue weighted by Gasteiger charge is -2.01. The first kappa shape index (κ1) is 13.3. The van der Waals surface area contributed by atoms with E-state index in [-0.39, 0.29) is 0 Å². The van der Waals surface area contributed by atoms with Crippen LogP contribution in [-0.2, 0) is 5.75 Å². The zero-order chi connectivity index (χ0) is 14.1. The number of thioether (sulfide) groups is 1. The Kier molecular flexibility index (Phi) is 3.58. The third-order valence-electron chi connectivity index (χ3n) is 2.71. The van der Waals surface area contributed by atoms with Crippen molar-refractivity contribution < 1.29 is 0 Å². The number of fused-ring (bicyclic) bond motifs is 1. The molecule has 5 nitrogen and oxygen atoms in total. The molecule has 0 aliphatic carbocycles. The molecule has 0 N–H and O–H groups in total. The van der Waals surface area contributed by atoms with E-state index in [1.54, 1.807) is 10.6 Å². The maximum atomic E-state index is 6.29. The highest BCUT2D eigenvalue weighted by molar-refractivity contribution is 7.98. The lowest BCUT2D eigenvalue weighted by Crippen LogP contribution is -1.93. The molecule has 0 fully saturated rings. The summed E-state index contributed by atoms with van der Waals surface area (Å²) in [6.45, 7) is 3.92. The molecule has 0 saturated carbocycles. The largest absolute Gasteiger partial charge is 0.274 e. The van der Waals surface area contributed by atoms with Crippen molar-refractivity contribution >= 4 is 29.1 Å². The van der Waals surface area contributed by atoms with E-state index in [2.05, 4.69) is 19.9 Å². The van der Waals surface area contributed by atoms with Gasteiger partial charge in [0.1, 0.15) is 5.15 Å². The Labute approximate surface area is 125 Å². The van der Waals surface area contributed by atoms with Crippen molar-refractivity contribution in [3.8, 4) is 0 Å². The van der Waals surface area contributed by atoms with Gasteiger partial charge in [-0.25, -0.2) is 19.9 Å². The fourth-order valence-corrected chi connectivity index (χ4v) is 3.09. The van der Waals surface area contributed by atoms with Gasteiger partial charge in [-0.05, 0) is 26.0 Å². The second kappa shape index (κ2) is 5.38. The summed E-state index contributed by atoms with van der Waals surface area (Å²) in [4.78, 5) is 17.4. The van der Waals surface area contributed by atoms with E-state index in [1.165, 1.54) is 11.8 Å². The third-order valence-corrected chi connectivity index (χ3v) is 3.97. The first-order valence-corrected chi connectivity index (χ1v) is 7.42. The maximum absolute atomic E-state index is 6.29. The Balaban J connectivity index is 1.84. The van der Waals surface area contributed by atoms with Gasteiger partial charge in [-0.3, -0.25) is 4.40 Å². The van der Waals surface area contributed by atoms with E-state index in [4.69, 9.17) is 11.6 Å². The van der Waals surface area contributed by atoms with Crippen molar-refractivity contribution in [3.05, 3.63) is 46.8 Å². The molecule has 3 aromatic heterocycles. The van der Waals surface area contributed by atoms with Crippen LogP contribution < -0.4 is 0 Å². The van der Waals surface area contributed by atoms with E-state index in [0.29, 0.717) is 16.7 Å². The minimum Gasteiger partial charge on any atom is -0.274 e. The van der Waals surface area contributed by atoms with Crippen LogP contribution in [0.2, 0.25) is 5.15 Å². The van der Waals surface area contributed by atoms with E-state index in [0.717, 1.165) is 22.2 Å². The molecule has 0 radical (unpaired) electrons. The standard InChI is InChI=1S/C13H12ClN5S/c1-8-6-9(2)17-13(16-8)20-7-10-11(14)19-5-3-4-15-12(19)18-10/h3-6H,7H2,1-2H3. The van der Waals surface area contributed by atoms with Crippen molar-refractivity contribution in [2.24, 2.45) is 0 Å². The van der Waals surface area contributed by atoms with Crippen LogP contribution in [0.3, 0.4) is 0 Å². The molecule has 7 heteroatoms. The van der Waals surface area contributed by atoms with Crippen LogP contribution >= 0.6 is 23.4 Å². The average molecular weight is 306 g/mol. The number of halogens is 1. The lowest BCUT2D eigenvalue weighted by atomic mass is 10.4. The molecule has 0 spiro atoms. The van der Waals surface area contributed by atoms with Crippen molar-refractivity contribution in [2.45, 2.75) is 24.8 Å². The van der Waals surface area contributed by atoms with Gasteiger partial charge in [-0.2, -0.15) is 0 Å². The van der Waals surface area contributed by atoms with Crippen molar-refractivity contribution in [2.75, 3.05) is 0 Å². The van der Waals surface area contributed by atoms with E-state index < -0.39 is 0 Å². The Morgan fingerprint density at radius 3 is 2.65 bits per heavy atom. The van der Waals surface area contributed by atoms with Crippen molar-refractivity contribution in [1.29, 1.82) is 0 Å². The SMILES string of the molecule is Cc1cc(C)nc(SCc2nc3ncccn3c2Cl)n1. The predicted octanol–water partition coefficient (Wildman–Crippen LogP) is 3.08. The van der Waals surface area contributed by atoms with Crippen LogP contribution in [-0.4, -0.2) is 24.3 Å². The van der Waals surface area contributed by atoms with Gasteiger partial charge in [0.25, 0.3) is 0 Å². The molecule has 0 unspecified atom stereocenters. The minimum absolute atomic E-state index is 0.588. The molecular formula is C13H12ClN5S. The Hall–Kier alpha value is -1.66. The highest BCUT2D eigenvalue weighted by atomic mass is 35.5. The van der Waals surface area contributed by atoms with Crippen LogP contribution in [0, 0.1) is 13.8 Å². The Morgan fingerprint density at radius 2 is 1.95 bits per heavy atom. The number of hydrogen-bond acceptors (Lipinski definition) is 5. The highest BCUT2D eigenvalue weighted by Gasteiger charge is 2.11. The number of aryl methyl sites for hydroxylation is 2. The van der Waals surface area contributed by atoms with Gasteiger partial charge in [0.05, 0.1) is 5.69 Å². The summed E-state index contributed by atoms with van der Waals surface area (Å²) in [5.41, 5.74) is 2.71. The maximum Gasteiger partial charge on any atom is 0.235 e. The second-order valence-electron chi connectivity index (χ2n) is 4.36. The van der Waals surface area contributed by atoms with Crippen LogP contribution in [0.4, 0.5) is 0 Å². The smallest absolute Gasteiger partial charge is 0.235 e. The molecule has 3 rings (SSSR count). The average Bonchev–Trinajstić information content (AvgIpc) is 2.73. The van der Waals surface area contributed by atoms with Gasteiger partial charge in [-0.15, -0.1) is 0 Å². The van der Waals surface area contributed by atoms with Gasteiger partial charge in [0.15, 0.2) is 5.16 Å². The number of imidazole rings is 1. The molecule has 0 atom stereocenters. The zero-order valence-electron chi connectivity index (χ0n) is 11.0. The molecular weight excluding hydrogens is 294 g/mol. The molecule has 20 heavy (non-hydrogen) atoms. The molecule has 0 aliphatic heterocycles. The monoisotopic (exact) mass is 305 g/mol. The van der Waals surface area contributed by atoms with Crippen LogP contribution in [0.1, 0.15) is 17.1 Å². The molecule has 0 aromatic carbocycles. The molecule has 102 valence electrons. The summed E-state index contributed by atoms with van der Waals surface area (Å²) in [5.74, 6) is 1.22. The van der Waals surface area contributed by atoms with E-state index in [1.807, 2.05) is 32.2 Å². The normalized spacial score (nSPS) is 11.2. The predicted molar refractivity (Wildman–Crippen MR) is 79.1 cm³/mol. The molecule has 3 aromatic rings. The first-order chi connectivity index (χ1) is 9.63. The third kappa shape index (κ3) is 2.62. The van der Waals surface area contributed by atoms with Gasteiger partial charge in [-0.1, -0.05) is 23.4 Å². The van der Waals surface area contributed by atoms with Crippen LogP contribution in [0.15, 0.2) is 29.7 Å². The number of rotatable bonds is 3. The van der Waals surface area contributed by atoms with Crippen molar-refractivity contribution in [3.63, 3.8) is 0 Å². The summed E-state index contributed by atoms with van der Waals surface area (Å²) in [7, 11) is 0. The van der Waals surface area contributed by atoms with Gasteiger partial charge in [0.2, 0.25) is 5.78 Å². The lowest BCUT2D eigenvalue weighted by molar-refractivity contribution is 0.901. The fourth-order valence-electron chi connectivity index (χ4n) is 1.89. The van der Waals surface area contributed by atoms with Crippen LogP contribution in [0.25, 0.3) is 5.78 Å². The van der Waals surface area contributed by atoms with Crippen molar-refractivity contribution in [1.82, 2.24) is 24.3 Å². The molecule has 0 aliphatic rings. The zero-order valence-corrected chi connectivity index (χ0v) is 12.6. The molecule has 0 bridgehead atoms. The number of hydrogen-bond donors (Lipinski definition) is 0. The number of nitrogens with zero attached hydrogens (tertiary/aromatic N) is 5. The highest BCUT2D eigenvalue weighted by Crippen LogP contribution is 2.25. The Morgan fingerprint density at radius 1 is 1.20 bits per heavy atom. The quantitative estimate of drug-likeness (QED) is 0.550. The van der Waals surface area contributed by atoms with E-state index in [9.17, 15) is 0 Å². The summed E-state index contributed by atoms with van der Waals surface area (Å²) in [5, 5.41) is 1.33. The minimum atomic E-state index is 0.588. The number of aromatic nitrogens is 5. The summed E-state index contributed by atoms with van der Waals surface area (Å²) < 4.78 is 1.76.